The number of carboxylic acids is 1. The van der Waals surface area contributed by atoms with Crippen molar-refractivity contribution in [1.29, 1.82) is 0 Å². The highest BCUT2D eigenvalue weighted by molar-refractivity contribution is 7.92. The molecule has 3 N–H and O–H groups in total. The van der Waals surface area contributed by atoms with Crippen molar-refractivity contribution in [3.8, 4) is 0 Å². The molecule has 0 aliphatic carbocycles. The van der Waals surface area contributed by atoms with Crippen LogP contribution in [0.4, 0.5) is 11.4 Å². The first-order chi connectivity index (χ1) is 16.2. The van der Waals surface area contributed by atoms with E-state index < -0.39 is 16.0 Å². The van der Waals surface area contributed by atoms with Gasteiger partial charge in [0.25, 0.3) is 10.0 Å². The molecule has 176 valence electrons. The number of anilines is 2. The molecule has 0 saturated carbocycles. The Bertz CT molecular complexity index is 1370. The second kappa shape index (κ2) is 8.45. The summed E-state index contributed by atoms with van der Waals surface area (Å²) in [7, 11) is -3.77. The van der Waals surface area contributed by atoms with Gasteiger partial charge in [-0.3, -0.25) is 4.72 Å². The van der Waals surface area contributed by atoms with Gasteiger partial charge in [0, 0.05) is 29.5 Å². The number of aromatic carboxylic acids is 1. The predicted molar refractivity (Wildman–Crippen MR) is 130 cm³/mol. The fourth-order valence-electron chi connectivity index (χ4n) is 4.80. The van der Waals surface area contributed by atoms with Crippen LogP contribution >= 0.6 is 0 Å². The minimum absolute atomic E-state index is 0.0565. The molecule has 1 saturated heterocycles. The molecule has 0 radical (unpaired) electrons. The number of fused-ring (bicyclic) bond motifs is 3. The van der Waals surface area contributed by atoms with Crippen molar-refractivity contribution in [2.75, 3.05) is 16.6 Å². The Morgan fingerprint density at radius 2 is 1.79 bits per heavy atom. The zero-order valence-electron chi connectivity index (χ0n) is 18.9. The van der Waals surface area contributed by atoms with Crippen molar-refractivity contribution in [2.24, 2.45) is 5.92 Å². The molecule has 5 rings (SSSR count). The topological polar surface area (TPSA) is 105 Å². The molecular formula is C26H26N2O5S. The molecule has 3 atom stereocenters. The van der Waals surface area contributed by atoms with E-state index in [-0.39, 0.29) is 28.5 Å². The highest BCUT2D eigenvalue weighted by Crippen LogP contribution is 2.50. The van der Waals surface area contributed by atoms with Crippen molar-refractivity contribution >= 4 is 27.4 Å². The van der Waals surface area contributed by atoms with Crippen molar-refractivity contribution in [3.05, 3.63) is 88.5 Å². The maximum Gasteiger partial charge on any atom is 0.335 e. The summed E-state index contributed by atoms with van der Waals surface area (Å²) < 4.78 is 35.0. The number of nitrogens with one attached hydrogen (secondary N) is 2. The summed E-state index contributed by atoms with van der Waals surface area (Å²) in [5.41, 5.74) is 5.50. The number of carbonyl (C=O) groups is 1. The molecule has 34 heavy (non-hydrogen) atoms. The van der Waals surface area contributed by atoms with E-state index in [1.165, 1.54) is 0 Å². The second-order valence-electron chi connectivity index (χ2n) is 8.95. The summed E-state index contributed by atoms with van der Waals surface area (Å²) in [6.07, 6.45) is 0.581. The Balaban J connectivity index is 1.45. The first kappa shape index (κ1) is 22.4. The first-order valence-electron chi connectivity index (χ1n) is 11.2. The summed E-state index contributed by atoms with van der Waals surface area (Å²) >= 11 is 0. The molecule has 7 nitrogen and oxygen atoms in total. The van der Waals surface area contributed by atoms with E-state index in [0.717, 1.165) is 34.4 Å². The zero-order chi connectivity index (χ0) is 24.0. The normalized spacial score (nSPS) is 21.3. The number of aryl methyl sites for hydroxylation is 2. The minimum atomic E-state index is -3.77. The average molecular weight is 479 g/mol. The number of hydrogen-bond acceptors (Lipinski definition) is 5. The van der Waals surface area contributed by atoms with Crippen molar-refractivity contribution in [2.45, 2.75) is 37.3 Å². The molecule has 1 fully saturated rings. The molecule has 2 aliphatic rings. The van der Waals surface area contributed by atoms with Crippen molar-refractivity contribution in [1.82, 2.24) is 0 Å². The average Bonchev–Trinajstić information content (AvgIpc) is 3.31. The number of benzene rings is 3. The fourth-order valence-corrected chi connectivity index (χ4v) is 5.88. The van der Waals surface area contributed by atoms with Crippen LogP contribution in [-0.4, -0.2) is 26.1 Å². The Kier molecular flexibility index (Phi) is 5.58. The van der Waals surface area contributed by atoms with Gasteiger partial charge in [-0.25, -0.2) is 13.2 Å². The molecule has 0 spiro atoms. The predicted octanol–water partition coefficient (Wildman–Crippen LogP) is 5.05. The molecule has 3 aromatic carbocycles. The van der Waals surface area contributed by atoms with Gasteiger partial charge in [0.2, 0.25) is 0 Å². The lowest BCUT2D eigenvalue weighted by atomic mass is 9.81. The third kappa shape index (κ3) is 4.03. The van der Waals surface area contributed by atoms with Gasteiger partial charge in [-0.05, 0) is 79.4 Å². The van der Waals surface area contributed by atoms with E-state index in [2.05, 4.69) is 10.0 Å². The Morgan fingerprint density at radius 3 is 2.50 bits per heavy atom. The van der Waals surface area contributed by atoms with Crippen LogP contribution in [0.5, 0.6) is 0 Å². The third-order valence-corrected chi connectivity index (χ3v) is 8.17. The summed E-state index contributed by atoms with van der Waals surface area (Å²) in [6.45, 7) is 4.51. The van der Waals surface area contributed by atoms with Gasteiger partial charge in [-0.1, -0.05) is 18.2 Å². The largest absolute Gasteiger partial charge is 0.478 e. The van der Waals surface area contributed by atoms with Crippen LogP contribution in [0.1, 0.15) is 51.2 Å². The van der Waals surface area contributed by atoms with Crippen molar-refractivity contribution in [3.63, 3.8) is 0 Å². The standard InChI is InChI=1S/C26H26N2O5S/c1-15-3-8-19(13-16(15)2)28-34(31,32)20-9-10-23-22(14-20)25-21(11-12-33-25)24(27-23)17-4-6-18(7-5-17)26(29)30/h3-10,13-14,21,24-25,27-28H,11-12H2,1-2H3,(H,29,30). The van der Waals surface area contributed by atoms with Crippen LogP contribution < -0.4 is 10.0 Å². The first-order valence-corrected chi connectivity index (χ1v) is 12.7. The number of hydrogen-bond donors (Lipinski definition) is 3. The van der Waals surface area contributed by atoms with Gasteiger partial charge in [0.1, 0.15) is 0 Å². The third-order valence-electron chi connectivity index (χ3n) is 6.79. The van der Waals surface area contributed by atoms with Gasteiger partial charge < -0.3 is 15.2 Å². The minimum Gasteiger partial charge on any atom is -0.478 e. The van der Waals surface area contributed by atoms with Gasteiger partial charge >= 0.3 is 5.97 Å². The lowest BCUT2D eigenvalue weighted by Gasteiger charge is -2.36. The van der Waals surface area contributed by atoms with Gasteiger partial charge in [0.15, 0.2) is 0 Å². The summed E-state index contributed by atoms with van der Waals surface area (Å²) in [5, 5.41) is 12.7. The molecule has 8 heteroatoms. The Hall–Kier alpha value is -3.36. The second-order valence-corrected chi connectivity index (χ2v) is 10.6. The highest BCUT2D eigenvalue weighted by atomic mass is 32.2. The molecule has 0 amide bonds. The molecule has 0 bridgehead atoms. The van der Waals surface area contributed by atoms with E-state index >= 15 is 0 Å². The summed E-state index contributed by atoms with van der Waals surface area (Å²) in [6, 6.07) is 17.3. The van der Waals surface area contributed by atoms with Gasteiger partial charge in [0.05, 0.1) is 22.6 Å². The SMILES string of the molecule is Cc1ccc(NS(=O)(=O)c2ccc3c(c2)C2OCCC2C(c2ccc(C(=O)O)cc2)N3)cc1C. The number of sulfonamides is 1. The van der Waals surface area contributed by atoms with Gasteiger partial charge in [-0.15, -0.1) is 0 Å². The van der Waals surface area contributed by atoms with Crippen LogP contribution in [-0.2, 0) is 14.8 Å². The zero-order valence-corrected chi connectivity index (χ0v) is 19.7. The summed E-state index contributed by atoms with van der Waals surface area (Å²) in [4.78, 5) is 11.4. The van der Waals surface area contributed by atoms with E-state index in [1.54, 1.807) is 36.4 Å². The fraction of sp³-hybridized carbons (Fsp3) is 0.269. The van der Waals surface area contributed by atoms with E-state index in [4.69, 9.17) is 4.74 Å². The molecular weight excluding hydrogens is 452 g/mol. The summed E-state index contributed by atoms with van der Waals surface area (Å²) in [5.74, 6) is -0.854. The van der Waals surface area contributed by atoms with Gasteiger partial charge in [-0.2, -0.15) is 0 Å². The molecule has 3 unspecified atom stereocenters. The van der Waals surface area contributed by atoms with Crippen LogP contribution in [0.2, 0.25) is 0 Å². The molecule has 2 aliphatic heterocycles. The Morgan fingerprint density at radius 1 is 1.03 bits per heavy atom. The molecule has 2 heterocycles. The lowest BCUT2D eigenvalue weighted by Crippen LogP contribution is -2.29. The highest BCUT2D eigenvalue weighted by Gasteiger charge is 2.42. The van der Waals surface area contributed by atoms with Crippen LogP contribution in [0.15, 0.2) is 65.6 Å². The Labute approximate surface area is 198 Å². The molecule has 0 aromatic heterocycles. The van der Waals surface area contributed by atoms with E-state index in [1.807, 2.05) is 38.1 Å². The van der Waals surface area contributed by atoms with Crippen LogP contribution in [0.25, 0.3) is 0 Å². The monoisotopic (exact) mass is 478 g/mol. The maximum absolute atomic E-state index is 13.1. The number of ether oxygens (including phenoxy) is 1. The van der Waals surface area contributed by atoms with Crippen molar-refractivity contribution < 1.29 is 23.1 Å². The quantitative estimate of drug-likeness (QED) is 0.474. The number of rotatable bonds is 5. The smallest absolute Gasteiger partial charge is 0.335 e. The van der Waals surface area contributed by atoms with E-state index in [0.29, 0.717) is 12.3 Å². The van der Waals surface area contributed by atoms with Crippen LogP contribution in [0, 0.1) is 19.8 Å². The van der Waals surface area contributed by atoms with Crippen LogP contribution in [0.3, 0.4) is 0 Å². The van der Waals surface area contributed by atoms with E-state index in [9.17, 15) is 18.3 Å². The number of carboxylic acid groups (broad SMARTS) is 1. The maximum atomic E-state index is 13.1. The molecule has 3 aromatic rings. The lowest BCUT2D eigenvalue weighted by molar-refractivity contribution is 0.0696.